The molecule has 1 aliphatic rings. The summed E-state index contributed by atoms with van der Waals surface area (Å²) in [5.41, 5.74) is -0.674. The minimum atomic E-state index is -3.99. The molecule has 1 saturated carbocycles. The highest BCUT2D eigenvalue weighted by Gasteiger charge is 2.32. The van der Waals surface area contributed by atoms with Crippen molar-refractivity contribution in [3.8, 4) is 0 Å². The van der Waals surface area contributed by atoms with Crippen LogP contribution in [0.15, 0.2) is 52.1 Å². The first kappa shape index (κ1) is 25.9. The predicted molar refractivity (Wildman–Crippen MR) is 138 cm³/mol. The number of hydrogen-bond donors (Lipinski definition) is 2. The van der Waals surface area contributed by atoms with Crippen molar-refractivity contribution < 1.29 is 22.9 Å². The third-order valence-corrected chi connectivity index (χ3v) is 7.98. The van der Waals surface area contributed by atoms with Crippen molar-refractivity contribution in [2.45, 2.75) is 62.6 Å². The van der Waals surface area contributed by atoms with Crippen LogP contribution in [0, 0.1) is 10.1 Å². The van der Waals surface area contributed by atoms with Crippen LogP contribution in [0.25, 0.3) is 11.0 Å². The Labute approximate surface area is 216 Å². The molecule has 1 amide bonds. The maximum Gasteiger partial charge on any atom is 0.407 e. The molecule has 11 nitrogen and oxygen atoms in total. The number of benzene rings is 1. The zero-order valence-electron chi connectivity index (χ0n) is 19.9. The average molecular weight is 580 g/mol. The molecule has 2 N–H and O–H groups in total. The van der Waals surface area contributed by atoms with E-state index in [1.807, 2.05) is 0 Å². The van der Waals surface area contributed by atoms with Gasteiger partial charge < -0.3 is 15.4 Å². The lowest BCUT2D eigenvalue weighted by Gasteiger charge is -2.22. The van der Waals surface area contributed by atoms with Gasteiger partial charge in [-0.2, -0.15) is 0 Å². The van der Waals surface area contributed by atoms with Crippen molar-refractivity contribution in [1.29, 1.82) is 0 Å². The maximum absolute atomic E-state index is 13.3. The van der Waals surface area contributed by atoms with Gasteiger partial charge in [-0.1, -0.05) is 18.2 Å². The number of nitro groups is 1. The third-order valence-electron chi connectivity index (χ3n) is 5.72. The topological polar surface area (TPSA) is 145 Å². The van der Waals surface area contributed by atoms with Gasteiger partial charge in [-0.25, -0.2) is 22.2 Å². The number of hydrogen-bond acceptors (Lipinski definition) is 8. The number of amides is 1. The number of carbonyl (C=O) groups excluding carboxylic acids is 1. The number of ether oxygens (including phenoxy) is 1. The summed E-state index contributed by atoms with van der Waals surface area (Å²) in [5, 5.41) is 18.2. The first-order valence-electron chi connectivity index (χ1n) is 11.3. The monoisotopic (exact) mass is 579 g/mol. The van der Waals surface area contributed by atoms with E-state index in [2.05, 4.69) is 31.5 Å². The number of anilines is 1. The molecule has 1 aliphatic carbocycles. The van der Waals surface area contributed by atoms with Crippen LogP contribution in [0.5, 0.6) is 0 Å². The highest BCUT2D eigenvalue weighted by atomic mass is 79.9. The average Bonchev–Trinajstić information content (AvgIpc) is 3.37. The standard InChI is InChI=1S/C23H26BrN5O6S/c1-23(2,3)35-22(30)27-15-10-9-14(11-15)26-20-18(29(31)32)12-25-21-19(20)17(24)13-28(21)36(33,34)16-7-5-4-6-8-16/h4-8,12-15H,9-11H2,1-3H3,(H,25,26)(H,27,30)/t14?,15-/m1/s1. The molecule has 0 spiro atoms. The Morgan fingerprint density at radius 3 is 2.53 bits per heavy atom. The van der Waals surface area contributed by atoms with Gasteiger partial charge >= 0.3 is 11.8 Å². The van der Waals surface area contributed by atoms with Crippen LogP contribution in [-0.4, -0.2) is 46.1 Å². The van der Waals surface area contributed by atoms with Crippen LogP contribution in [0.4, 0.5) is 16.2 Å². The van der Waals surface area contributed by atoms with Gasteiger partial charge in [-0.3, -0.25) is 10.1 Å². The molecule has 2 atom stereocenters. The first-order chi connectivity index (χ1) is 16.9. The molecule has 4 rings (SSSR count). The summed E-state index contributed by atoms with van der Waals surface area (Å²) in [6.45, 7) is 5.34. The molecule has 3 aromatic rings. The zero-order valence-corrected chi connectivity index (χ0v) is 22.3. The van der Waals surface area contributed by atoms with Gasteiger partial charge in [0.25, 0.3) is 10.0 Å². The Hall–Kier alpha value is -3.19. The fourth-order valence-electron chi connectivity index (χ4n) is 4.21. The molecular weight excluding hydrogens is 554 g/mol. The van der Waals surface area contributed by atoms with E-state index in [1.54, 1.807) is 39.0 Å². The van der Waals surface area contributed by atoms with Crippen LogP contribution < -0.4 is 10.6 Å². The molecule has 192 valence electrons. The third kappa shape index (κ3) is 5.31. The molecule has 13 heteroatoms. The number of nitrogens with one attached hydrogen (secondary N) is 2. The van der Waals surface area contributed by atoms with Gasteiger partial charge in [0, 0.05) is 22.8 Å². The van der Waals surface area contributed by atoms with Crippen LogP contribution in [0.2, 0.25) is 0 Å². The Morgan fingerprint density at radius 1 is 1.22 bits per heavy atom. The quantitative estimate of drug-likeness (QED) is 0.312. The second kappa shape index (κ2) is 9.69. The summed E-state index contributed by atoms with van der Waals surface area (Å²) in [6.07, 6.45) is 3.69. The maximum atomic E-state index is 13.3. The number of carbonyl (C=O) groups is 1. The summed E-state index contributed by atoms with van der Waals surface area (Å²) in [6, 6.07) is 7.50. The van der Waals surface area contributed by atoms with Crippen molar-refractivity contribution in [3.63, 3.8) is 0 Å². The number of fused-ring (bicyclic) bond motifs is 1. The molecular formula is C23H26BrN5O6S. The molecule has 2 heterocycles. The number of pyridine rings is 1. The van der Waals surface area contributed by atoms with E-state index in [9.17, 15) is 23.3 Å². The van der Waals surface area contributed by atoms with E-state index in [1.165, 1.54) is 18.3 Å². The van der Waals surface area contributed by atoms with Gasteiger partial charge in [0.1, 0.15) is 17.5 Å². The molecule has 1 aromatic carbocycles. The second-order valence-corrected chi connectivity index (χ2v) is 12.2. The zero-order chi connectivity index (χ0) is 26.3. The van der Waals surface area contributed by atoms with E-state index >= 15 is 0 Å². The first-order valence-corrected chi connectivity index (χ1v) is 13.5. The number of rotatable bonds is 6. The summed E-state index contributed by atoms with van der Waals surface area (Å²) in [4.78, 5) is 27.6. The van der Waals surface area contributed by atoms with Gasteiger partial charge in [0.05, 0.1) is 15.2 Å². The van der Waals surface area contributed by atoms with E-state index in [-0.39, 0.29) is 39.4 Å². The van der Waals surface area contributed by atoms with Crippen molar-refractivity contribution in [2.75, 3.05) is 5.32 Å². The molecule has 36 heavy (non-hydrogen) atoms. The lowest BCUT2D eigenvalue weighted by atomic mass is 10.2. The Morgan fingerprint density at radius 2 is 1.89 bits per heavy atom. The highest BCUT2D eigenvalue weighted by Crippen LogP contribution is 2.40. The van der Waals surface area contributed by atoms with Crippen LogP contribution in [0.3, 0.4) is 0 Å². The molecule has 1 fully saturated rings. The lowest BCUT2D eigenvalue weighted by Crippen LogP contribution is -2.38. The number of halogens is 1. The summed E-state index contributed by atoms with van der Waals surface area (Å²) in [5.74, 6) is 0. The summed E-state index contributed by atoms with van der Waals surface area (Å²) < 4.78 is 33.2. The summed E-state index contributed by atoms with van der Waals surface area (Å²) in [7, 11) is -3.99. The van der Waals surface area contributed by atoms with Crippen molar-refractivity contribution in [3.05, 3.63) is 57.3 Å². The van der Waals surface area contributed by atoms with Gasteiger partial charge in [0.15, 0.2) is 5.65 Å². The lowest BCUT2D eigenvalue weighted by molar-refractivity contribution is -0.384. The number of aromatic nitrogens is 2. The number of alkyl carbamates (subject to hydrolysis) is 1. The Kier molecular flexibility index (Phi) is 6.97. The number of nitrogens with zero attached hydrogens (tertiary/aromatic N) is 3. The summed E-state index contributed by atoms with van der Waals surface area (Å²) >= 11 is 3.38. The van der Waals surface area contributed by atoms with E-state index in [4.69, 9.17) is 4.74 Å². The normalized spacial score (nSPS) is 18.2. The molecule has 0 radical (unpaired) electrons. The van der Waals surface area contributed by atoms with Crippen LogP contribution >= 0.6 is 15.9 Å². The Bertz CT molecular complexity index is 1420. The van der Waals surface area contributed by atoms with Crippen molar-refractivity contribution in [2.24, 2.45) is 0 Å². The van der Waals surface area contributed by atoms with E-state index in [0.29, 0.717) is 23.7 Å². The molecule has 0 aliphatic heterocycles. The van der Waals surface area contributed by atoms with E-state index in [0.717, 1.165) is 10.2 Å². The largest absolute Gasteiger partial charge is 0.444 e. The molecule has 2 aromatic heterocycles. The van der Waals surface area contributed by atoms with Gasteiger partial charge in [0.2, 0.25) is 0 Å². The SMILES string of the molecule is CC(C)(C)OC(=O)N[C@@H]1CCC(Nc2c([N+](=O)[O-])cnc3c2c(Br)cn3S(=O)(=O)c2ccccc2)C1. The van der Waals surface area contributed by atoms with Crippen molar-refractivity contribution in [1.82, 2.24) is 14.3 Å². The van der Waals surface area contributed by atoms with Crippen LogP contribution in [0.1, 0.15) is 40.0 Å². The smallest absolute Gasteiger partial charge is 0.407 e. The highest BCUT2D eigenvalue weighted by molar-refractivity contribution is 9.10. The minimum absolute atomic E-state index is 0.0558. The minimum Gasteiger partial charge on any atom is -0.444 e. The predicted octanol–water partition coefficient (Wildman–Crippen LogP) is 4.80. The fourth-order valence-corrected chi connectivity index (χ4v) is 6.26. The molecule has 0 saturated heterocycles. The fraction of sp³-hybridized carbons (Fsp3) is 0.391. The van der Waals surface area contributed by atoms with Gasteiger partial charge in [-0.05, 0) is 68.1 Å². The second-order valence-electron chi connectivity index (χ2n) is 9.56. The van der Waals surface area contributed by atoms with E-state index < -0.39 is 26.6 Å². The van der Waals surface area contributed by atoms with Gasteiger partial charge in [-0.15, -0.1) is 0 Å². The molecule has 1 unspecified atom stereocenters. The van der Waals surface area contributed by atoms with Crippen LogP contribution in [-0.2, 0) is 14.8 Å². The molecule has 0 bridgehead atoms. The van der Waals surface area contributed by atoms with Crippen molar-refractivity contribution >= 4 is 54.5 Å². The Balaban J connectivity index is 1.66.